The van der Waals surface area contributed by atoms with E-state index in [1.54, 1.807) is 24.3 Å². The van der Waals surface area contributed by atoms with Gasteiger partial charge in [0.1, 0.15) is 17.5 Å². The zero-order chi connectivity index (χ0) is 19.7. The quantitative estimate of drug-likeness (QED) is 0.724. The van der Waals surface area contributed by atoms with Crippen LogP contribution in [0.1, 0.15) is 0 Å². The van der Waals surface area contributed by atoms with E-state index in [2.05, 4.69) is 9.83 Å². The first kappa shape index (κ1) is 19.5. The van der Waals surface area contributed by atoms with E-state index >= 15 is 0 Å². The largest absolute Gasteiger partial charge is 0.486 e. The summed E-state index contributed by atoms with van der Waals surface area (Å²) in [6.07, 6.45) is 0.371. The lowest BCUT2D eigenvalue weighted by Gasteiger charge is -2.27. The third-order valence-corrected chi connectivity index (χ3v) is 6.27. The molecule has 0 bridgehead atoms. The number of rotatable bonds is 5. The number of hydrogen-bond donors (Lipinski definition) is 2. The standard InChI is InChI=1S/C17H17ClN4O4S/c1-20-13-3-5-14(6-4-13)26-15-9-22(11-17(15,23)10-19)27(24,25)16-7-2-12(18)8-21-16/h2-8,15,23H,9-11,19H2/t15-,17-/m0/s1. The number of nitrogens with zero attached hydrogens (tertiary/aromatic N) is 3. The van der Waals surface area contributed by atoms with Crippen LogP contribution in [0, 0.1) is 6.57 Å². The minimum absolute atomic E-state index is 0.0924. The van der Waals surface area contributed by atoms with Gasteiger partial charge in [-0.3, -0.25) is 0 Å². The van der Waals surface area contributed by atoms with Crippen LogP contribution < -0.4 is 10.5 Å². The Morgan fingerprint density at radius 1 is 1.37 bits per heavy atom. The van der Waals surface area contributed by atoms with Gasteiger partial charge >= 0.3 is 0 Å². The Labute approximate surface area is 162 Å². The number of aromatic nitrogens is 1. The predicted molar refractivity (Wildman–Crippen MR) is 99.1 cm³/mol. The summed E-state index contributed by atoms with van der Waals surface area (Å²) in [5.41, 5.74) is 4.59. The number of nitrogens with two attached hydrogens (primary N) is 1. The number of β-amino-alcohol motifs (C(OH)–C–C–N with tert-alkyl or cyclic N) is 1. The average molecular weight is 409 g/mol. The molecule has 1 aliphatic heterocycles. The van der Waals surface area contributed by atoms with Gasteiger partial charge in [-0.15, -0.1) is 0 Å². The highest BCUT2D eigenvalue weighted by Crippen LogP contribution is 2.30. The van der Waals surface area contributed by atoms with Crippen molar-refractivity contribution in [3.05, 3.63) is 59.0 Å². The molecule has 27 heavy (non-hydrogen) atoms. The van der Waals surface area contributed by atoms with Gasteiger partial charge in [0.05, 0.1) is 18.1 Å². The Morgan fingerprint density at radius 3 is 2.63 bits per heavy atom. The molecule has 3 rings (SSSR count). The summed E-state index contributed by atoms with van der Waals surface area (Å²) in [6, 6.07) is 9.05. The second kappa shape index (κ2) is 7.42. The van der Waals surface area contributed by atoms with E-state index in [1.807, 2.05) is 0 Å². The fourth-order valence-electron chi connectivity index (χ4n) is 2.76. The van der Waals surface area contributed by atoms with Crippen molar-refractivity contribution in [3.63, 3.8) is 0 Å². The molecule has 1 aromatic heterocycles. The minimum atomic E-state index is -3.94. The Kier molecular flexibility index (Phi) is 5.37. The Morgan fingerprint density at radius 2 is 2.07 bits per heavy atom. The van der Waals surface area contributed by atoms with Gasteiger partial charge in [0.25, 0.3) is 10.0 Å². The minimum Gasteiger partial charge on any atom is -0.486 e. The molecule has 2 heterocycles. The summed E-state index contributed by atoms with van der Waals surface area (Å²) in [6.45, 7) is 6.46. The number of pyridine rings is 1. The summed E-state index contributed by atoms with van der Waals surface area (Å²) >= 11 is 5.76. The van der Waals surface area contributed by atoms with Gasteiger partial charge in [-0.2, -0.15) is 4.31 Å². The molecular weight excluding hydrogens is 392 g/mol. The van der Waals surface area contributed by atoms with Gasteiger partial charge in [0.15, 0.2) is 10.7 Å². The molecule has 2 atom stereocenters. The van der Waals surface area contributed by atoms with Crippen molar-refractivity contribution in [2.45, 2.75) is 16.7 Å². The number of hydrogen-bond acceptors (Lipinski definition) is 6. The van der Waals surface area contributed by atoms with E-state index in [-0.39, 0.29) is 24.7 Å². The summed E-state index contributed by atoms with van der Waals surface area (Å²) in [4.78, 5) is 7.15. The van der Waals surface area contributed by atoms with Gasteiger partial charge in [-0.25, -0.2) is 18.2 Å². The first-order valence-electron chi connectivity index (χ1n) is 7.97. The normalized spacial score (nSPS) is 23.1. The summed E-state index contributed by atoms with van der Waals surface area (Å²) in [5.74, 6) is 0.406. The van der Waals surface area contributed by atoms with E-state index in [9.17, 15) is 13.5 Å². The number of sulfonamides is 1. The molecule has 2 aromatic rings. The first-order valence-corrected chi connectivity index (χ1v) is 9.78. The summed E-state index contributed by atoms with van der Waals surface area (Å²) in [7, 11) is -3.94. The van der Waals surface area contributed by atoms with Crippen LogP contribution in [0.4, 0.5) is 5.69 Å². The number of benzene rings is 1. The maximum absolute atomic E-state index is 12.8. The maximum Gasteiger partial charge on any atom is 0.260 e. The van der Waals surface area contributed by atoms with E-state index < -0.39 is 21.7 Å². The topological polar surface area (TPSA) is 110 Å². The highest BCUT2D eigenvalue weighted by molar-refractivity contribution is 7.89. The summed E-state index contributed by atoms with van der Waals surface area (Å²) < 4.78 is 32.5. The van der Waals surface area contributed by atoms with Gasteiger partial charge in [-0.05, 0) is 24.3 Å². The van der Waals surface area contributed by atoms with Crippen molar-refractivity contribution in [2.24, 2.45) is 5.73 Å². The molecule has 1 aromatic carbocycles. The molecule has 0 unspecified atom stereocenters. The smallest absolute Gasteiger partial charge is 0.260 e. The summed E-state index contributed by atoms with van der Waals surface area (Å²) in [5, 5.41) is 10.9. The Balaban J connectivity index is 1.84. The molecule has 0 saturated carbocycles. The van der Waals surface area contributed by atoms with Crippen molar-refractivity contribution in [1.82, 2.24) is 9.29 Å². The van der Waals surface area contributed by atoms with Crippen LogP contribution in [0.3, 0.4) is 0 Å². The Bertz CT molecular complexity index is 960. The van der Waals surface area contributed by atoms with Gasteiger partial charge in [0.2, 0.25) is 0 Å². The van der Waals surface area contributed by atoms with Crippen LogP contribution in [-0.2, 0) is 10.0 Å². The molecule has 1 saturated heterocycles. The van der Waals surface area contributed by atoms with Gasteiger partial charge in [-0.1, -0.05) is 23.7 Å². The molecule has 0 aliphatic carbocycles. The predicted octanol–water partition coefficient (Wildman–Crippen LogP) is 1.43. The highest BCUT2D eigenvalue weighted by atomic mass is 35.5. The van der Waals surface area contributed by atoms with Crippen LogP contribution in [0.5, 0.6) is 5.75 Å². The van der Waals surface area contributed by atoms with Crippen LogP contribution in [0.25, 0.3) is 4.85 Å². The number of halogens is 1. The molecule has 1 aliphatic rings. The van der Waals surface area contributed by atoms with Crippen molar-refractivity contribution in [3.8, 4) is 5.75 Å². The highest BCUT2D eigenvalue weighted by Gasteiger charge is 2.50. The number of ether oxygens (including phenoxy) is 1. The zero-order valence-electron chi connectivity index (χ0n) is 14.1. The second-order valence-electron chi connectivity index (χ2n) is 6.13. The van der Waals surface area contributed by atoms with Crippen molar-refractivity contribution in [1.29, 1.82) is 0 Å². The first-order chi connectivity index (χ1) is 12.8. The molecular formula is C17H17ClN4O4S. The van der Waals surface area contributed by atoms with Crippen molar-refractivity contribution < 1.29 is 18.3 Å². The lowest BCUT2D eigenvalue weighted by molar-refractivity contribution is -0.0199. The maximum atomic E-state index is 12.8. The van der Waals surface area contributed by atoms with Gasteiger partial charge in [0, 0.05) is 19.3 Å². The van der Waals surface area contributed by atoms with Crippen molar-refractivity contribution >= 4 is 27.3 Å². The van der Waals surface area contributed by atoms with Gasteiger partial charge < -0.3 is 15.6 Å². The molecule has 10 heteroatoms. The second-order valence-corrected chi connectivity index (χ2v) is 8.45. The lowest BCUT2D eigenvalue weighted by atomic mass is 10.0. The molecule has 0 radical (unpaired) electrons. The Hall–Kier alpha value is -2.22. The molecule has 0 spiro atoms. The molecule has 3 N–H and O–H groups in total. The van der Waals surface area contributed by atoms with Crippen LogP contribution >= 0.6 is 11.6 Å². The molecule has 0 amide bonds. The van der Waals surface area contributed by atoms with E-state index in [0.717, 1.165) is 4.31 Å². The van der Waals surface area contributed by atoms with Crippen LogP contribution in [0.2, 0.25) is 5.02 Å². The third-order valence-electron chi connectivity index (χ3n) is 4.32. The SMILES string of the molecule is [C-]#[N+]c1ccc(O[C@H]2CN(S(=O)(=O)c3ccc(Cl)cn3)C[C@@]2(O)CN)cc1. The zero-order valence-corrected chi connectivity index (χ0v) is 15.7. The lowest BCUT2D eigenvalue weighted by Crippen LogP contribution is -2.50. The van der Waals surface area contributed by atoms with E-state index in [1.165, 1.54) is 18.3 Å². The molecule has 142 valence electrons. The monoisotopic (exact) mass is 408 g/mol. The number of aliphatic hydroxyl groups is 1. The molecule has 1 fully saturated rings. The third kappa shape index (κ3) is 3.90. The van der Waals surface area contributed by atoms with Crippen LogP contribution in [-0.4, -0.2) is 54.2 Å². The van der Waals surface area contributed by atoms with E-state index in [0.29, 0.717) is 16.5 Å². The average Bonchev–Trinajstić information content (AvgIpc) is 3.01. The van der Waals surface area contributed by atoms with Crippen molar-refractivity contribution in [2.75, 3.05) is 19.6 Å². The fourth-order valence-corrected chi connectivity index (χ4v) is 4.29. The fraction of sp³-hybridized carbons (Fsp3) is 0.294. The van der Waals surface area contributed by atoms with E-state index in [4.69, 9.17) is 28.6 Å². The van der Waals surface area contributed by atoms with Crippen LogP contribution in [0.15, 0.2) is 47.6 Å². The molecule has 8 nitrogen and oxygen atoms in total.